The van der Waals surface area contributed by atoms with Crippen molar-refractivity contribution in [1.29, 1.82) is 0 Å². The van der Waals surface area contributed by atoms with Crippen LogP contribution in [0.3, 0.4) is 0 Å². The molecule has 0 aromatic heterocycles. The molecule has 4 aliphatic carbocycles. The van der Waals surface area contributed by atoms with Crippen LogP contribution in [0.4, 0.5) is 5.69 Å². The highest BCUT2D eigenvalue weighted by molar-refractivity contribution is 7.89. The Labute approximate surface area is 255 Å². The first-order valence-electron chi connectivity index (χ1n) is 17.2. The van der Waals surface area contributed by atoms with Crippen molar-refractivity contribution in [3.63, 3.8) is 0 Å². The fraction of sp³-hybridized carbons (Fsp3) is 0.829. The molecule has 6 rings (SSSR count). The van der Waals surface area contributed by atoms with Crippen LogP contribution in [0.5, 0.6) is 0 Å². The lowest BCUT2D eigenvalue weighted by atomic mass is 9.41. The molecule has 4 saturated carbocycles. The zero-order chi connectivity index (χ0) is 29.9. The Hall–Kier alpha value is -1.15. The number of aliphatic hydroxyl groups excluding tert-OH is 2. The van der Waals surface area contributed by atoms with Gasteiger partial charge in [-0.05, 0) is 135 Å². The van der Waals surface area contributed by atoms with Crippen LogP contribution in [0.2, 0.25) is 0 Å². The number of fused-ring (bicyclic) bond motifs is 5. The predicted octanol–water partition coefficient (Wildman–Crippen LogP) is 6.22. The van der Waals surface area contributed by atoms with Gasteiger partial charge in [0.05, 0.1) is 17.1 Å². The molecule has 1 aromatic carbocycles. The van der Waals surface area contributed by atoms with Gasteiger partial charge in [-0.15, -0.1) is 0 Å². The van der Waals surface area contributed by atoms with Crippen LogP contribution in [0.15, 0.2) is 29.2 Å². The summed E-state index contributed by atoms with van der Waals surface area (Å²) in [6, 6.07) is 7.48. The van der Waals surface area contributed by atoms with Gasteiger partial charge < -0.3 is 15.1 Å². The van der Waals surface area contributed by atoms with Gasteiger partial charge in [-0.2, -0.15) is 0 Å². The number of nitrogens with zero attached hydrogens (tertiary/aromatic N) is 1. The summed E-state index contributed by atoms with van der Waals surface area (Å²) in [5, 5.41) is 22.5. The Balaban J connectivity index is 1.16. The number of piperidine rings is 1. The SMILES string of the molecule is CC[C@@H]1C2C[C@H](O)CC[C@]2(C)[C@H]2CCC3(C)[C@@H]([C@H](C)CNS(=O)(=O)c4cccc(N5CCCCC5)c4)CC[C@H]3C2[C@@H]1O. The minimum Gasteiger partial charge on any atom is -0.393 e. The second-order valence-electron chi connectivity index (χ2n) is 15.5. The smallest absolute Gasteiger partial charge is 0.240 e. The Bertz CT molecular complexity index is 1220. The number of anilines is 1. The zero-order valence-electron chi connectivity index (χ0n) is 26.5. The number of hydrogen-bond acceptors (Lipinski definition) is 5. The normalized spacial score (nSPS) is 42.9. The summed E-state index contributed by atoms with van der Waals surface area (Å²) in [5.74, 6) is 2.66. The number of hydrogen-bond donors (Lipinski definition) is 3. The molecule has 0 bridgehead atoms. The summed E-state index contributed by atoms with van der Waals surface area (Å²) in [7, 11) is -3.60. The van der Waals surface area contributed by atoms with Gasteiger partial charge in [0, 0.05) is 25.3 Å². The topological polar surface area (TPSA) is 89.9 Å². The molecular weight excluding hydrogens is 544 g/mol. The van der Waals surface area contributed by atoms with Crippen molar-refractivity contribution in [2.75, 3.05) is 24.5 Å². The Morgan fingerprint density at radius 3 is 2.43 bits per heavy atom. The lowest BCUT2D eigenvalue weighted by molar-refractivity contribution is -0.203. The van der Waals surface area contributed by atoms with Gasteiger partial charge in [-0.3, -0.25) is 0 Å². The highest BCUT2D eigenvalue weighted by Gasteiger charge is 2.64. The summed E-state index contributed by atoms with van der Waals surface area (Å²) in [4.78, 5) is 2.67. The van der Waals surface area contributed by atoms with Gasteiger partial charge in [0.15, 0.2) is 0 Å². The van der Waals surface area contributed by atoms with Gasteiger partial charge >= 0.3 is 0 Å². The second-order valence-corrected chi connectivity index (χ2v) is 17.3. The average molecular weight is 601 g/mol. The highest BCUT2D eigenvalue weighted by atomic mass is 32.2. The van der Waals surface area contributed by atoms with Crippen molar-refractivity contribution in [2.24, 2.45) is 52.3 Å². The molecule has 11 atom stereocenters. The Morgan fingerprint density at radius 2 is 1.69 bits per heavy atom. The number of aliphatic hydroxyl groups is 2. The van der Waals surface area contributed by atoms with E-state index in [0.717, 1.165) is 83.0 Å². The van der Waals surface area contributed by atoms with Gasteiger partial charge in [-0.25, -0.2) is 13.1 Å². The number of nitrogens with one attached hydrogen (secondary N) is 1. The monoisotopic (exact) mass is 600 g/mol. The zero-order valence-corrected chi connectivity index (χ0v) is 27.3. The fourth-order valence-electron chi connectivity index (χ4n) is 11.4. The van der Waals surface area contributed by atoms with Crippen molar-refractivity contribution >= 4 is 15.7 Å². The van der Waals surface area contributed by atoms with E-state index in [-0.39, 0.29) is 34.9 Å². The van der Waals surface area contributed by atoms with Crippen LogP contribution in [-0.2, 0) is 10.0 Å². The molecule has 42 heavy (non-hydrogen) atoms. The van der Waals surface area contributed by atoms with Crippen LogP contribution in [0.1, 0.15) is 98.3 Å². The van der Waals surface area contributed by atoms with Crippen molar-refractivity contribution < 1.29 is 18.6 Å². The minimum atomic E-state index is -3.60. The fourth-order valence-corrected chi connectivity index (χ4v) is 12.6. The summed E-state index contributed by atoms with van der Waals surface area (Å²) >= 11 is 0. The van der Waals surface area contributed by atoms with E-state index in [2.05, 4.69) is 37.3 Å². The first-order valence-corrected chi connectivity index (χ1v) is 18.7. The molecule has 1 aromatic rings. The maximum atomic E-state index is 13.5. The van der Waals surface area contributed by atoms with Gasteiger partial charge in [-0.1, -0.05) is 40.2 Å². The molecule has 3 N–H and O–H groups in total. The van der Waals surface area contributed by atoms with E-state index in [1.54, 1.807) is 6.07 Å². The summed E-state index contributed by atoms with van der Waals surface area (Å²) < 4.78 is 29.9. The van der Waals surface area contributed by atoms with Crippen LogP contribution < -0.4 is 9.62 Å². The Kier molecular flexibility index (Phi) is 8.56. The predicted molar refractivity (Wildman–Crippen MR) is 169 cm³/mol. The molecule has 5 fully saturated rings. The molecule has 0 spiro atoms. The van der Waals surface area contributed by atoms with Crippen molar-refractivity contribution in [1.82, 2.24) is 4.72 Å². The first-order chi connectivity index (χ1) is 20.0. The second kappa shape index (κ2) is 11.7. The van der Waals surface area contributed by atoms with Gasteiger partial charge in [0.25, 0.3) is 0 Å². The third kappa shape index (κ3) is 5.16. The van der Waals surface area contributed by atoms with Crippen LogP contribution in [0, 0.1) is 52.3 Å². The van der Waals surface area contributed by atoms with E-state index in [1.807, 2.05) is 18.2 Å². The Morgan fingerprint density at radius 1 is 0.976 bits per heavy atom. The lowest BCUT2D eigenvalue weighted by Crippen LogP contribution is -2.62. The number of rotatable bonds is 7. The largest absolute Gasteiger partial charge is 0.393 e. The standard InChI is InChI=1S/C35H56N2O4S/c1-5-27-31-21-25(38)14-16-35(31,4)30-15-17-34(3)28(12-13-29(34)32(30)33(27)39)23(2)22-36-42(40,41)26-11-9-10-24(20-26)37-18-7-6-8-19-37/h9-11,20,23,25,27-33,36,38-39H,5-8,12-19,21-22H2,1-4H3/t23-,25-,27-,28-,29+,30+,31?,32?,33-,34?,35-/m1/s1. The number of benzene rings is 1. The molecule has 1 aliphatic heterocycles. The maximum Gasteiger partial charge on any atom is 0.240 e. The first kappa shape index (κ1) is 30.9. The van der Waals surface area contributed by atoms with Crippen LogP contribution >= 0.6 is 0 Å². The van der Waals surface area contributed by atoms with E-state index < -0.39 is 10.0 Å². The van der Waals surface area contributed by atoms with E-state index >= 15 is 0 Å². The molecule has 1 saturated heterocycles. The van der Waals surface area contributed by atoms with Crippen molar-refractivity contribution in [3.8, 4) is 0 Å². The molecule has 7 heteroatoms. The lowest BCUT2D eigenvalue weighted by Gasteiger charge is -2.64. The van der Waals surface area contributed by atoms with Gasteiger partial charge in [0.1, 0.15) is 0 Å². The van der Waals surface area contributed by atoms with E-state index in [4.69, 9.17) is 0 Å². The molecule has 0 radical (unpaired) electrons. The molecule has 0 amide bonds. The van der Waals surface area contributed by atoms with E-state index in [9.17, 15) is 18.6 Å². The molecule has 3 unspecified atom stereocenters. The quantitative estimate of drug-likeness (QED) is 0.346. The molecule has 5 aliphatic rings. The van der Waals surface area contributed by atoms with Crippen molar-refractivity contribution in [2.45, 2.75) is 115 Å². The summed E-state index contributed by atoms with van der Waals surface area (Å²) in [6.07, 6.45) is 11.4. The van der Waals surface area contributed by atoms with Crippen molar-refractivity contribution in [3.05, 3.63) is 24.3 Å². The number of sulfonamides is 1. The maximum absolute atomic E-state index is 13.5. The van der Waals surface area contributed by atoms with E-state index in [0.29, 0.717) is 41.0 Å². The molecular formula is C35H56N2O4S. The van der Waals surface area contributed by atoms with Crippen LogP contribution in [0.25, 0.3) is 0 Å². The highest BCUT2D eigenvalue weighted by Crippen LogP contribution is 2.69. The molecule has 6 nitrogen and oxygen atoms in total. The molecule has 1 heterocycles. The summed E-state index contributed by atoms with van der Waals surface area (Å²) in [5.41, 5.74) is 1.33. The third-order valence-electron chi connectivity index (χ3n) is 13.6. The average Bonchev–Trinajstić information content (AvgIpc) is 3.35. The van der Waals surface area contributed by atoms with Crippen LogP contribution in [-0.4, -0.2) is 50.5 Å². The van der Waals surface area contributed by atoms with Gasteiger partial charge in [0.2, 0.25) is 10.0 Å². The summed E-state index contributed by atoms with van der Waals surface area (Å²) in [6.45, 7) is 11.9. The van der Waals surface area contributed by atoms with E-state index in [1.165, 1.54) is 6.42 Å². The minimum absolute atomic E-state index is 0.122. The third-order valence-corrected chi connectivity index (χ3v) is 15.0. The molecule has 236 valence electrons.